The first-order valence-corrected chi connectivity index (χ1v) is 15.5. The number of amides is 1. The molecular weight excluding hydrogens is 482 g/mol. The molecule has 0 bridgehead atoms. The minimum atomic E-state index is -2.27. The fourth-order valence-electron chi connectivity index (χ4n) is 4.02. The Labute approximate surface area is 214 Å². The highest BCUT2D eigenvalue weighted by Crippen LogP contribution is 2.35. The van der Waals surface area contributed by atoms with Crippen LogP contribution in [0.1, 0.15) is 76.0 Å². The second-order valence-corrected chi connectivity index (χ2v) is 14.3. The molecule has 1 heterocycles. The zero-order valence-electron chi connectivity index (χ0n) is 22.4. The quantitative estimate of drug-likeness (QED) is 0.0879. The molecule has 35 heavy (non-hydrogen) atoms. The van der Waals surface area contributed by atoms with E-state index in [4.69, 9.17) is 14.7 Å². The van der Waals surface area contributed by atoms with Crippen molar-refractivity contribution < 1.29 is 18.8 Å². The van der Waals surface area contributed by atoms with Crippen molar-refractivity contribution in [1.82, 2.24) is 9.88 Å². The van der Waals surface area contributed by atoms with E-state index in [9.17, 15) is 9.59 Å². The van der Waals surface area contributed by atoms with E-state index in [0.717, 1.165) is 18.5 Å². The second-order valence-electron chi connectivity index (χ2n) is 9.18. The van der Waals surface area contributed by atoms with Crippen LogP contribution in [-0.2, 0) is 14.0 Å². The molecule has 1 unspecified atom stereocenters. The topological polar surface area (TPSA) is 117 Å². The normalized spacial score (nSPS) is 15.0. The summed E-state index contributed by atoms with van der Waals surface area (Å²) in [5, 5.41) is 6.16. The largest absolute Gasteiger partial charge is 0.464 e. The van der Waals surface area contributed by atoms with E-state index in [2.05, 4.69) is 49.3 Å². The van der Waals surface area contributed by atoms with Gasteiger partial charge in [-0.3, -0.25) is 4.79 Å². The smallest absolute Gasteiger partial charge is 0.357 e. The fourth-order valence-corrected chi connectivity index (χ4v) is 7.22. The fraction of sp³-hybridized carbons (Fsp3) is 0.708. The molecule has 0 fully saturated rings. The van der Waals surface area contributed by atoms with Gasteiger partial charge in [0.25, 0.3) is 0 Å². The number of thiazole rings is 1. The van der Waals surface area contributed by atoms with Crippen LogP contribution >= 0.6 is 11.3 Å². The summed E-state index contributed by atoms with van der Waals surface area (Å²) in [6, 6.07) is 0.734. The number of methoxy groups -OCH3 is 1. The first kappa shape index (κ1) is 30.8. The third-order valence-corrected chi connectivity index (χ3v) is 11.6. The van der Waals surface area contributed by atoms with Gasteiger partial charge in [0.2, 0.25) is 14.2 Å². The van der Waals surface area contributed by atoms with Crippen molar-refractivity contribution in [3.8, 4) is 0 Å². The Balaban J connectivity index is 3.42. The van der Waals surface area contributed by atoms with Gasteiger partial charge in [0.15, 0.2) is 5.69 Å². The predicted molar refractivity (Wildman–Crippen MR) is 143 cm³/mol. The first-order chi connectivity index (χ1) is 16.5. The molecular formula is C24H41N5O4SSi. The maximum Gasteiger partial charge on any atom is 0.357 e. The van der Waals surface area contributed by atoms with Gasteiger partial charge >= 0.3 is 5.97 Å². The number of hydrogen-bond donors (Lipinski definition) is 0. The minimum absolute atomic E-state index is 0.0803. The van der Waals surface area contributed by atoms with Crippen molar-refractivity contribution in [3.05, 3.63) is 38.8 Å². The highest BCUT2D eigenvalue weighted by Gasteiger charge is 2.37. The molecule has 9 nitrogen and oxygen atoms in total. The van der Waals surface area contributed by atoms with Gasteiger partial charge in [-0.1, -0.05) is 58.8 Å². The number of hydrogen-bond acceptors (Lipinski definition) is 7. The molecule has 1 aromatic rings. The molecule has 1 rings (SSSR count). The summed E-state index contributed by atoms with van der Waals surface area (Å²) in [5.74, 6) is -0.685. The van der Waals surface area contributed by atoms with Crippen LogP contribution in [0.15, 0.2) is 22.8 Å². The predicted octanol–water partition coefficient (Wildman–Crippen LogP) is 6.30. The highest BCUT2D eigenvalue weighted by atomic mass is 32.1. The Hall–Kier alpha value is -2.20. The summed E-state index contributed by atoms with van der Waals surface area (Å²) < 4.78 is 11.6. The average molecular weight is 524 g/mol. The van der Waals surface area contributed by atoms with E-state index in [1.54, 1.807) is 17.3 Å². The van der Waals surface area contributed by atoms with Gasteiger partial charge in [-0.25, -0.2) is 9.78 Å². The van der Waals surface area contributed by atoms with Crippen LogP contribution in [0.25, 0.3) is 10.4 Å². The molecule has 0 aliphatic rings. The Morgan fingerprint density at radius 2 is 1.94 bits per heavy atom. The van der Waals surface area contributed by atoms with Crippen molar-refractivity contribution in [2.24, 2.45) is 17.0 Å². The lowest BCUT2D eigenvalue weighted by Gasteiger charge is -2.38. The first-order valence-electron chi connectivity index (χ1n) is 12.2. The molecule has 1 aromatic heterocycles. The number of rotatable bonds is 15. The third-order valence-electron chi connectivity index (χ3n) is 6.82. The number of nitrogens with zero attached hydrogens (tertiary/aromatic N) is 5. The van der Waals surface area contributed by atoms with Crippen molar-refractivity contribution >= 4 is 31.5 Å². The molecule has 0 aliphatic carbocycles. The van der Waals surface area contributed by atoms with Gasteiger partial charge < -0.3 is 14.1 Å². The lowest BCUT2D eigenvalue weighted by atomic mass is 9.93. The standard InChI is InChI=1S/C24H41N5O4SSi/c1-10-17(7)21(27-28-25)23(30)29(8)19(16(5)6)14-20(33-35(11-2,12-3)13-4)22-26-18(15-34-22)24(31)32-9/h11,15-17,19-21H,2,10,12-14H2,1,3-9H3/t17-,19+,20+,21?/m0/s1. The molecule has 0 radical (unpaired) electrons. The maximum absolute atomic E-state index is 13.4. The Bertz CT molecular complexity index is 898. The molecule has 0 spiro atoms. The van der Waals surface area contributed by atoms with Gasteiger partial charge in [-0.15, -0.1) is 17.9 Å². The Morgan fingerprint density at radius 3 is 2.40 bits per heavy atom. The lowest BCUT2D eigenvalue weighted by molar-refractivity contribution is -0.136. The number of carbonyl (C=O) groups is 2. The molecule has 1 amide bonds. The number of aromatic nitrogens is 1. The van der Waals surface area contributed by atoms with E-state index in [1.165, 1.54) is 18.4 Å². The highest BCUT2D eigenvalue weighted by molar-refractivity contribution is 7.09. The molecule has 0 aliphatic heterocycles. The van der Waals surface area contributed by atoms with Crippen LogP contribution in [0.5, 0.6) is 0 Å². The monoisotopic (exact) mass is 523 g/mol. The molecule has 4 atom stereocenters. The maximum atomic E-state index is 13.4. The van der Waals surface area contributed by atoms with Crippen LogP contribution in [0.3, 0.4) is 0 Å². The van der Waals surface area contributed by atoms with E-state index in [1.807, 2.05) is 19.5 Å². The summed E-state index contributed by atoms with van der Waals surface area (Å²) in [4.78, 5) is 34.6. The van der Waals surface area contributed by atoms with Crippen LogP contribution in [-0.4, -0.2) is 56.3 Å². The molecule has 11 heteroatoms. The van der Waals surface area contributed by atoms with Crippen LogP contribution in [0.4, 0.5) is 0 Å². The Kier molecular flexibility index (Phi) is 12.7. The summed E-state index contributed by atoms with van der Waals surface area (Å²) >= 11 is 1.35. The summed E-state index contributed by atoms with van der Waals surface area (Å²) in [7, 11) is 0.814. The molecule has 0 aromatic carbocycles. The zero-order valence-corrected chi connectivity index (χ0v) is 24.2. The van der Waals surface area contributed by atoms with Crippen molar-refractivity contribution in [1.29, 1.82) is 0 Å². The van der Waals surface area contributed by atoms with Crippen LogP contribution < -0.4 is 0 Å². The molecule has 0 saturated heterocycles. The van der Waals surface area contributed by atoms with Crippen molar-refractivity contribution in [2.75, 3.05) is 14.2 Å². The average Bonchev–Trinajstić information content (AvgIpc) is 3.36. The lowest BCUT2D eigenvalue weighted by Crippen LogP contribution is -2.48. The second kappa shape index (κ2) is 14.4. The Morgan fingerprint density at radius 1 is 1.31 bits per heavy atom. The van der Waals surface area contributed by atoms with E-state index in [-0.39, 0.29) is 29.5 Å². The van der Waals surface area contributed by atoms with Gasteiger partial charge in [0.05, 0.1) is 13.2 Å². The van der Waals surface area contributed by atoms with E-state index >= 15 is 0 Å². The van der Waals surface area contributed by atoms with Crippen molar-refractivity contribution in [3.63, 3.8) is 0 Å². The van der Waals surface area contributed by atoms with Gasteiger partial charge in [-0.05, 0) is 35.9 Å². The van der Waals surface area contributed by atoms with Gasteiger partial charge in [-0.2, -0.15) is 0 Å². The molecule has 0 N–H and O–H groups in total. The molecule has 0 saturated carbocycles. The zero-order chi connectivity index (χ0) is 26.8. The number of likely N-dealkylation sites (N-methyl/N-ethyl adjacent to an activating group) is 1. The van der Waals surface area contributed by atoms with Gasteiger partial charge in [0, 0.05) is 23.4 Å². The number of ether oxygens (including phenoxy) is 1. The number of carbonyl (C=O) groups excluding carboxylic acids is 2. The van der Waals surface area contributed by atoms with Crippen LogP contribution in [0, 0.1) is 11.8 Å². The van der Waals surface area contributed by atoms with E-state index in [0.29, 0.717) is 11.4 Å². The number of azide groups is 1. The minimum Gasteiger partial charge on any atom is -0.464 e. The number of esters is 1. The van der Waals surface area contributed by atoms with E-state index < -0.39 is 26.4 Å². The summed E-state index contributed by atoms with van der Waals surface area (Å²) in [6.07, 6.45) is 0.782. The summed E-state index contributed by atoms with van der Waals surface area (Å²) in [6.45, 7) is 16.2. The SMILES string of the molecule is C=C[Si](CC)(CC)O[C@H](C[C@H](C(C)C)N(C)C(=O)C(N=[N+]=[N-])[C@@H](C)CC)c1nc(C(=O)OC)cs1. The molecule has 196 valence electrons. The third kappa shape index (κ3) is 7.90. The summed E-state index contributed by atoms with van der Waals surface area (Å²) in [5.41, 5.74) is 11.2. The van der Waals surface area contributed by atoms with Crippen LogP contribution in [0.2, 0.25) is 12.1 Å². The van der Waals surface area contributed by atoms with Gasteiger partial charge in [0.1, 0.15) is 11.0 Å². The van der Waals surface area contributed by atoms with Crippen molar-refractivity contribution in [2.45, 2.75) is 84.7 Å².